The van der Waals surface area contributed by atoms with Gasteiger partial charge in [-0.3, -0.25) is 4.79 Å². The molecule has 0 aliphatic rings. The Balaban J connectivity index is 3.43. The molecule has 0 bridgehead atoms. The molecule has 6 heteroatoms. The highest BCUT2D eigenvalue weighted by molar-refractivity contribution is 9.10. The van der Waals surface area contributed by atoms with Crippen LogP contribution in [0.4, 0.5) is 8.78 Å². The van der Waals surface area contributed by atoms with Crippen LogP contribution in [0.15, 0.2) is 0 Å². The summed E-state index contributed by atoms with van der Waals surface area (Å²) in [5, 5.41) is 2.40. The van der Waals surface area contributed by atoms with E-state index in [1.54, 1.807) is 0 Å². The van der Waals surface area contributed by atoms with Gasteiger partial charge in [-0.25, -0.2) is 8.78 Å². The standard InChI is InChI=1S/C6H10BrF2NO2/c1-12-6(11)4(7)2-10-3-5(8)9/h4-5,10H,2-3H2,1H3. The van der Waals surface area contributed by atoms with Crippen molar-refractivity contribution in [2.75, 3.05) is 20.2 Å². The highest BCUT2D eigenvalue weighted by Gasteiger charge is 2.14. The molecule has 0 aromatic carbocycles. The Morgan fingerprint density at radius 2 is 2.17 bits per heavy atom. The summed E-state index contributed by atoms with van der Waals surface area (Å²) in [6.07, 6.45) is -2.40. The van der Waals surface area contributed by atoms with E-state index in [9.17, 15) is 13.6 Å². The van der Waals surface area contributed by atoms with Crippen LogP contribution in [-0.2, 0) is 9.53 Å². The van der Waals surface area contributed by atoms with Crippen LogP contribution in [0.5, 0.6) is 0 Å². The third-order valence-corrected chi connectivity index (χ3v) is 1.78. The third kappa shape index (κ3) is 5.42. The van der Waals surface area contributed by atoms with Crippen LogP contribution in [0.3, 0.4) is 0 Å². The van der Waals surface area contributed by atoms with Gasteiger partial charge in [-0.05, 0) is 0 Å². The number of ether oxygens (including phenoxy) is 1. The van der Waals surface area contributed by atoms with Crippen LogP contribution in [0.1, 0.15) is 0 Å². The fourth-order valence-electron chi connectivity index (χ4n) is 0.530. The summed E-state index contributed by atoms with van der Waals surface area (Å²) in [6, 6.07) is 0. The van der Waals surface area contributed by atoms with Gasteiger partial charge in [-0.1, -0.05) is 15.9 Å². The molecule has 0 aromatic rings. The van der Waals surface area contributed by atoms with Crippen molar-refractivity contribution < 1.29 is 18.3 Å². The Morgan fingerprint density at radius 3 is 2.58 bits per heavy atom. The summed E-state index contributed by atoms with van der Waals surface area (Å²) in [5.41, 5.74) is 0. The topological polar surface area (TPSA) is 38.3 Å². The van der Waals surface area contributed by atoms with E-state index in [1.807, 2.05) is 0 Å². The fourth-order valence-corrected chi connectivity index (χ4v) is 0.946. The van der Waals surface area contributed by atoms with Crippen molar-refractivity contribution in [2.45, 2.75) is 11.3 Å². The van der Waals surface area contributed by atoms with E-state index in [4.69, 9.17) is 0 Å². The fraction of sp³-hybridized carbons (Fsp3) is 0.833. The summed E-state index contributed by atoms with van der Waals surface area (Å²) < 4.78 is 27.5. The van der Waals surface area contributed by atoms with Gasteiger partial charge in [-0.2, -0.15) is 0 Å². The molecule has 0 fully saturated rings. The van der Waals surface area contributed by atoms with Gasteiger partial charge in [0.15, 0.2) is 0 Å². The quantitative estimate of drug-likeness (QED) is 0.575. The van der Waals surface area contributed by atoms with Crippen molar-refractivity contribution in [3.05, 3.63) is 0 Å². The van der Waals surface area contributed by atoms with E-state index >= 15 is 0 Å². The SMILES string of the molecule is COC(=O)C(Br)CNCC(F)F. The average molecular weight is 246 g/mol. The molecular formula is C6H10BrF2NO2. The van der Waals surface area contributed by atoms with Crippen LogP contribution in [0.25, 0.3) is 0 Å². The van der Waals surface area contributed by atoms with Gasteiger partial charge < -0.3 is 10.1 Å². The second kappa shape index (κ2) is 6.30. The molecule has 1 unspecified atom stereocenters. The lowest BCUT2D eigenvalue weighted by molar-refractivity contribution is -0.139. The predicted octanol–water partition coefficient (Wildman–Crippen LogP) is 0.778. The number of hydrogen-bond acceptors (Lipinski definition) is 3. The van der Waals surface area contributed by atoms with Gasteiger partial charge in [0.2, 0.25) is 0 Å². The molecule has 0 amide bonds. The molecule has 0 saturated heterocycles. The Morgan fingerprint density at radius 1 is 1.58 bits per heavy atom. The van der Waals surface area contributed by atoms with Crippen LogP contribution in [0, 0.1) is 0 Å². The van der Waals surface area contributed by atoms with Crippen molar-refractivity contribution in [3.63, 3.8) is 0 Å². The zero-order chi connectivity index (χ0) is 9.56. The van der Waals surface area contributed by atoms with E-state index in [-0.39, 0.29) is 6.54 Å². The third-order valence-electron chi connectivity index (χ3n) is 1.08. The van der Waals surface area contributed by atoms with Gasteiger partial charge in [0.05, 0.1) is 13.7 Å². The monoisotopic (exact) mass is 245 g/mol. The van der Waals surface area contributed by atoms with E-state index in [0.717, 1.165) is 0 Å². The smallest absolute Gasteiger partial charge is 0.320 e. The minimum absolute atomic E-state index is 0.136. The molecule has 0 rings (SSSR count). The number of rotatable bonds is 5. The van der Waals surface area contributed by atoms with Crippen molar-refractivity contribution >= 4 is 21.9 Å². The number of halogens is 3. The van der Waals surface area contributed by atoms with Crippen molar-refractivity contribution in [3.8, 4) is 0 Å². The first-order chi connectivity index (χ1) is 5.57. The molecule has 1 atom stereocenters. The van der Waals surface area contributed by atoms with Crippen molar-refractivity contribution in [1.82, 2.24) is 5.32 Å². The highest BCUT2D eigenvalue weighted by Crippen LogP contribution is 2.00. The number of hydrogen-bond donors (Lipinski definition) is 1. The van der Waals surface area contributed by atoms with Crippen molar-refractivity contribution in [1.29, 1.82) is 0 Å². The number of methoxy groups -OCH3 is 1. The van der Waals surface area contributed by atoms with E-state index < -0.39 is 23.8 Å². The second-order valence-corrected chi connectivity index (χ2v) is 3.15. The first-order valence-electron chi connectivity index (χ1n) is 3.28. The maximum atomic E-state index is 11.6. The minimum Gasteiger partial charge on any atom is -0.468 e. The second-order valence-electron chi connectivity index (χ2n) is 2.04. The summed E-state index contributed by atoms with van der Waals surface area (Å²) >= 11 is 2.97. The zero-order valence-corrected chi connectivity index (χ0v) is 8.11. The van der Waals surface area contributed by atoms with E-state index in [1.165, 1.54) is 7.11 Å². The maximum Gasteiger partial charge on any atom is 0.320 e. The highest BCUT2D eigenvalue weighted by atomic mass is 79.9. The van der Waals surface area contributed by atoms with Crippen LogP contribution >= 0.6 is 15.9 Å². The Kier molecular flexibility index (Phi) is 6.18. The van der Waals surface area contributed by atoms with Gasteiger partial charge in [0.25, 0.3) is 6.43 Å². The van der Waals surface area contributed by atoms with Gasteiger partial charge in [0, 0.05) is 6.54 Å². The molecule has 72 valence electrons. The first kappa shape index (κ1) is 11.8. The number of nitrogens with one attached hydrogen (secondary N) is 1. The molecular weight excluding hydrogens is 236 g/mol. The number of carbonyl (C=O) groups is 1. The largest absolute Gasteiger partial charge is 0.468 e. The summed E-state index contributed by atoms with van der Waals surface area (Å²) in [5.74, 6) is -0.475. The first-order valence-corrected chi connectivity index (χ1v) is 4.20. The Labute approximate surface area is 77.6 Å². The van der Waals surface area contributed by atoms with Crippen LogP contribution in [0.2, 0.25) is 0 Å². The molecule has 1 N–H and O–H groups in total. The van der Waals surface area contributed by atoms with Crippen LogP contribution < -0.4 is 5.32 Å². The molecule has 0 saturated carbocycles. The maximum absolute atomic E-state index is 11.6. The van der Waals surface area contributed by atoms with Crippen molar-refractivity contribution in [2.24, 2.45) is 0 Å². The number of alkyl halides is 3. The molecule has 0 heterocycles. The van der Waals surface area contributed by atoms with E-state index in [0.29, 0.717) is 0 Å². The lowest BCUT2D eigenvalue weighted by Crippen LogP contribution is -2.32. The molecule has 12 heavy (non-hydrogen) atoms. The Bertz CT molecular complexity index is 146. The predicted molar refractivity (Wildman–Crippen MR) is 43.6 cm³/mol. The number of esters is 1. The van der Waals surface area contributed by atoms with Gasteiger partial charge in [0.1, 0.15) is 4.83 Å². The van der Waals surface area contributed by atoms with Gasteiger partial charge >= 0.3 is 5.97 Å². The normalized spacial score (nSPS) is 13.1. The summed E-state index contributed by atoms with van der Waals surface area (Å²) in [6.45, 7) is -0.282. The zero-order valence-electron chi connectivity index (χ0n) is 6.52. The lowest BCUT2D eigenvalue weighted by Gasteiger charge is -2.07. The molecule has 0 spiro atoms. The minimum atomic E-state index is -2.40. The lowest BCUT2D eigenvalue weighted by atomic mass is 10.4. The number of carbonyl (C=O) groups excluding carboxylic acids is 1. The molecule has 0 aromatic heterocycles. The molecule has 0 aliphatic carbocycles. The van der Waals surface area contributed by atoms with Gasteiger partial charge in [-0.15, -0.1) is 0 Å². The molecule has 0 aliphatic heterocycles. The summed E-state index contributed by atoms with van der Waals surface area (Å²) in [7, 11) is 1.24. The average Bonchev–Trinajstić information content (AvgIpc) is 2.02. The molecule has 0 radical (unpaired) electrons. The summed E-state index contributed by atoms with van der Waals surface area (Å²) in [4.78, 5) is 10.1. The van der Waals surface area contributed by atoms with E-state index in [2.05, 4.69) is 26.0 Å². The Hall–Kier alpha value is -0.230. The van der Waals surface area contributed by atoms with Crippen LogP contribution in [-0.4, -0.2) is 37.4 Å². The molecule has 3 nitrogen and oxygen atoms in total.